The van der Waals surface area contributed by atoms with Gasteiger partial charge in [-0.15, -0.1) is 11.3 Å². The highest BCUT2D eigenvalue weighted by atomic mass is 35.7. The van der Waals surface area contributed by atoms with Crippen LogP contribution in [-0.4, -0.2) is 21.5 Å². The number of hydrogen-bond donors (Lipinski definition) is 0. The number of esters is 1. The van der Waals surface area contributed by atoms with Crippen molar-refractivity contribution in [2.75, 3.05) is 7.11 Å². The van der Waals surface area contributed by atoms with Crippen LogP contribution in [0.2, 0.25) is 0 Å². The number of carbonyl (C=O) groups excluding carboxylic acids is 1. The lowest BCUT2D eigenvalue weighted by Gasteiger charge is -1.97. The SMILES string of the molecule is COC(=O)c1sc(-c2ccc(C)cc2)cc1S(=O)(=O)Cl. The monoisotopic (exact) mass is 330 g/mol. The molecule has 2 rings (SSSR count). The first kappa shape index (κ1) is 15.0. The smallest absolute Gasteiger partial charge is 0.349 e. The number of carbonyl (C=O) groups is 1. The summed E-state index contributed by atoms with van der Waals surface area (Å²) >= 11 is 1.04. The highest BCUT2D eigenvalue weighted by molar-refractivity contribution is 8.13. The van der Waals surface area contributed by atoms with Crippen molar-refractivity contribution in [3.8, 4) is 10.4 Å². The first-order valence-corrected chi connectivity index (χ1v) is 8.69. The normalized spacial score (nSPS) is 11.3. The third-order valence-corrected chi connectivity index (χ3v) is 5.31. The van der Waals surface area contributed by atoms with Crippen LogP contribution in [0.3, 0.4) is 0 Å². The fraction of sp³-hybridized carbons (Fsp3) is 0.154. The van der Waals surface area contributed by atoms with E-state index in [9.17, 15) is 13.2 Å². The van der Waals surface area contributed by atoms with Crippen molar-refractivity contribution >= 4 is 37.0 Å². The van der Waals surface area contributed by atoms with Gasteiger partial charge in [0, 0.05) is 15.6 Å². The maximum Gasteiger partial charge on any atom is 0.349 e. The Morgan fingerprint density at radius 1 is 1.25 bits per heavy atom. The molecule has 0 bridgehead atoms. The molecule has 0 aliphatic heterocycles. The molecule has 4 nitrogen and oxygen atoms in total. The van der Waals surface area contributed by atoms with E-state index in [-0.39, 0.29) is 9.77 Å². The summed E-state index contributed by atoms with van der Waals surface area (Å²) in [6.07, 6.45) is 0. The number of rotatable bonds is 3. The van der Waals surface area contributed by atoms with Crippen LogP contribution in [0.5, 0.6) is 0 Å². The Kier molecular flexibility index (Phi) is 4.17. The van der Waals surface area contributed by atoms with Gasteiger partial charge in [-0.1, -0.05) is 29.8 Å². The van der Waals surface area contributed by atoms with Crippen LogP contribution in [0.1, 0.15) is 15.2 Å². The zero-order valence-corrected chi connectivity index (χ0v) is 13.1. The maximum absolute atomic E-state index is 11.6. The topological polar surface area (TPSA) is 60.4 Å². The van der Waals surface area contributed by atoms with Crippen molar-refractivity contribution in [1.82, 2.24) is 0 Å². The molecule has 0 saturated carbocycles. The van der Waals surface area contributed by atoms with Crippen molar-refractivity contribution in [1.29, 1.82) is 0 Å². The van der Waals surface area contributed by atoms with E-state index in [0.717, 1.165) is 22.5 Å². The molecule has 0 N–H and O–H groups in total. The summed E-state index contributed by atoms with van der Waals surface area (Å²) in [5.74, 6) is -0.715. The van der Waals surface area contributed by atoms with E-state index in [0.29, 0.717) is 4.88 Å². The molecule has 1 heterocycles. The van der Waals surface area contributed by atoms with Crippen LogP contribution in [0.4, 0.5) is 0 Å². The number of aryl methyl sites for hydroxylation is 1. The summed E-state index contributed by atoms with van der Waals surface area (Å²) < 4.78 is 27.7. The van der Waals surface area contributed by atoms with E-state index in [1.807, 2.05) is 31.2 Å². The second-order valence-corrected chi connectivity index (χ2v) is 7.69. The first-order chi connectivity index (χ1) is 9.32. The molecule has 0 saturated heterocycles. The van der Waals surface area contributed by atoms with Gasteiger partial charge in [-0.3, -0.25) is 0 Å². The number of thiophene rings is 1. The van der Waals surface area contributed by atoms with Crippen LogP contribution in [0.15, 0.2) is 35.2 Å². The molecule has 0 amide bonds. The molecule has 0 spiro atoms. The molecule has 1 aromatic heterocycles. The predicted octanol–water partition coefficient (Wildman–Crippen LogP) is 3.44. The van der Waals surface area contributed by atoms with Gasteiger partial charge in [-0.25, -0.2) is 13.2 Å². The number of ether oxygens (including phenoxy) is 1. The minimum atomic E-state index is -4.00. The average Bonchev–Trinajstić information content (AvgIpc) is 2.83. The fourth-order valence-electron chi connectivity index (χ4n) is 1.65. The standard InChI is InChI=1S/C13H11ClO4S2/c1-8-3-5-9(6-4-8)10-7-11(20(14,16)17)12(19-10)13(15)18-2/h3-7H,1-2H3. The molecule has 7 heteroatoms. The molecule has 20 heavy (non-hydrogen) atoms. The Labute approximate surface area is 125 Å². The van der Waals surface area contributed by atoms with Gasteiger partial charge in [0.1, 0.15) is 9.77 Å². The molecule has 0 unspecified atom stereocenters. The summed E-state index contributed by atoms with van der Waals surface area (Å²) in [5, 5.41) is 0. The first-order valence-electron chi connectivity index (χ1n) is 5.57. The summed E-state index contributed by atoms with van der Waals surface area (Å²) in [6, 6.07) is 8.91. The van der Waals surface area contributed by atoms with Gasteiger partial charge in [0.25, 0.3) is 9.05 Å². The van der Waals surface area contributed by atoms with E-state index < -0.39 is 15.0 Å². The van der Waals surface area contributed by atoms with Gasteiger partial charge in [-0.05, 0) is 18.6 Å². The Morgan fingerprint density at radius 2 is 1.85 bits per heavy atom. The summed E-state index contributed by atoms with van der Waals surface area (Å²) in [4.78, 5) is 12.1. The quantitative estimate of drug-likeness (QED) is 0.639. The Bertz CT molecular complexity index is 745. The van der Waals surface area contributed by atoms with Crippen molar-refractivity contribution in [3.63, 3.8) is 0 Å². The minimum absolute atomic E-state index is 0.0157. The van der Waals surface area contributed by atoms with Crippen molar-refractivity contribution in [2.45, 2.75) is 11.8 Å². The predicted molar refractivity (Wildman–Crippen MR) is 78.9 cm³/mol. The van der Waals surface area contributed by atoms with Crippen molar-refractivity contribution in [3.05, 3.63) is 40.8 Å². The van der Waals surface area contributed by atoms with E-state index >= 15 is 0 Å². The molecule has 2 aromatic rings. The number of halogens is 1. The third kappa shape index (κ3) is 3.03. The lowest BCUT2D eigenvalue weighted by molar-refractivity contribution is 0.0602. The summed E-state index contributed by atoms with van der Waals surface area (Å²) in [5.41, 5.74) is 1.90. The van der Waals surface area contributed by atoms with Gasteiger partial charge in [0.05, 0.1) is 7.11 Å². The number of benzene rings is 1. The number of methoxy groups -OCH3 is 1. The van der Waals surface area contributed by atoms with E-state index in [1.54, 1.807) is 0 Å². The Morgan fingerprint density at radius 3 is 2.35 bits per heavy atom. The number of hydrogen-bond acceptors (Lipinski definition) is 5. The van der Waals surface area contributed by atoms with E-state index in [4.69, 9.17) is 10.7 Å². The molecular weight excluding hydrogens is 320 g/mol. The largest absolute Gasteiger partial charge is 0.465 e. The molecule has 0 fully saturated rings. The molecule has 0 aliphatic carbocycles. The Balaban J connectivity index is 2.60. The van der Waals surface area contributed by atoms with Crippen LogP contribution >= 0.6 is 22.0 Å². The van der Waals surface area contributed by atoms with E-state index in [2.05, 4.69) is 4.74 Å². The lowest BCUT2D eigenvalue weighted by atomic mass is 10.1. The van der Waals surface area contributed by atoms with Crippen molar-refractivity contribution < 1.29 is 17.9 Å². The second-order valence-electron chi connectivity index (χ2n) is 4.10. The molecule has 106 valence electrons. The van der Waals surface area contributed by atoms with E-state index in [1.165, 1.54) is 13.2 Å². The summed E-state index contributed by atoms with van der Waals surface area (Å²) in [7, 11) is 2.55. The summed E-state index contributed by atoms with van der Waals surface area (Å²) in [6.45, 7) is 1.95. The molecular formula is C13H11ClO4S2. The molecule has 0 atom stereocenters. The average molecular weight is 331 g/mol. The van der Waals surface area contributed by atoms with Crippen LogP contribution in [0.25, 0.3) is 10.4 Å². The zero-order chi connectivity index (χ0) is 14.9. The maximum atomic E-state index is 11.6. The third-order valence-electron chi connectivity index (χ3n) is 2.67. The van der Waals surface area contributed by atoms with Crippen LogP contribution in [0, 0.1) is 6.92 Å². The van der Waals surface area contributed by atoms with Gasteiger partial charge in [0.2, 0.25) is 0 Å². The lowest BCUT2D eigenvalue weighted by Crippen LogP contribution is -2.03. The van der Waals surface area contributed by atoms with Gasteiger partial charge >= 0.3 is 5.97 Å². The minimum Gasteiger partial charge on any atom is -0.465 e. The highest BCUT2D eigenvalue weighted by Gasteiger charge is 2.25. The second kappa shape index (κ2) is 5.55. The van der Waals surface area contributed by atoms with Gasteiger partial charge in [-0.2, -0.15) is 0 Å². The molecule has 1 aromatic carbocycles. The van der Waals surface area contributed by atoms with Gasteiger partial charge < -0.3 is 4.74 Å². The highest BCUT2D eigenvalue weighted by Crippen LogP contribution is 2.36. The fourth-order valence-corrected chi connectivity index (χ4v) is 4.22. The molecule has 0 aliphatic rings. The van der Waals surface area contributed by atoms with Crippen LogP contribution in [-0.2, 0) is 13.8 Å². The molecule has 0 radical (unpaired) electrons. The van der Waals surface area contributed by atoms with Gasteiger partial charge in [0.15, 0.2) is 0 Å². The Hall–Kier alpha value is -1.37. The zero-order valence-electron chi connectivity index (χ0n) is 10.7. The van der Waals surface area contributed by atoms with Crippen LogP contribution < -0.4 is 0 Å². The van der Waals surface area contributed by atoms with Crippen molar-refractivity contribution in [2.24, 2.45) is 0 Å².